The van der Waals surface area contributed by atoms with Crippen LogP contribution in [-0.2, 0) is 11.2 Å². The van der Waals surface area contributed by atoms with Gasteiger partial charge < -0.3 is 5.11 Å². The molecule has 1 rings (SSSR count). The minimum Gasteiger partial charge on any atom is -0.481 e. The largest absolute Gasteiger partial charge is 0.481 e. The molecule has 2 nitrogen and oxygen atoms in total. The van der Waals surface area contributed by atoms with E-state index in [0.29, 0.717) is 0 Å². The third-order valence-corrected chi connectivity index (χ3v) is 2.56. The van der Waals surface area contributed by atoms with Crippen molar-refractivity contribution < 1.29 is 9.90 Å². The maximum atomic E-state index is 10.6. The molecular weight excluding hydrogens is 188 g/mol. The Morgan fingerprint density at radius 2 is 1.87 bits per heavy atom. The van der Waals surface area contributed by atoms with Gasteiger partial charge in [-0.2, -0.15) is 0 Å². The Kier molecular flexibility index (Phi) is 3.89. The summed E-state index contributed by atoms with van der Waals surface area (Å²) in [7, 11) is 0. The number of aryl methyl sites for hydroxylation is 1. The lowest BCUT2D eigenvalue weighted by Crippen LogP contribution is -2.17. The SMILES string of the molecule is CC(C)(CCc1ccccc1)CC(=O)O. The second kappa shape index (κ2) is 4.96. The van der Waals surface area contributed by atoms with Crippen LogP contribution in [0.15, 0.2) is 30.3 Å². The summed E-state index contributed by atoms with van der Waals surface area (Å²) in [5.74, 6) is -0.715. The topological polar surface area (TPSA) is 37.3 Å². The van der Waals surface area contributed by atoms with Gasteiger partial charge in [-0.15, -0.1) is 0 Å². The zero-order valence-electron chi connectivity index (χ0n) is 9.36. The highest BCUT2D eigenvalue weighted by Crippen LogP contribution is 2.26. The van der Waals surface area contributed by atoms with Crippen LogP contribution in [0.2, 0.25) is 0 Å². The minimum atomic E-state index is -0.715. The normalized spacial score (nSPS) is 11.3. The molecule has 1 aromatic carbocycles. The highest BCUT2D eigenvalue weighted by atomic mass is 16.4. The third kappa shape index (κ3) is 4.63. The molecule has 0 unspecified atom stereocenters. The van der Waals surface area contributed by atoms with Crippen LogP contribution in [0.4, 0.5) is 0 Å². The van der Waals surface area contributed by atoms with Crippen molar-refractivity contribution in [3.8, 4) is 0 Å². The lowest BCUT2D eigenvalue weighted by atomic mass is 9.83. The van der Waals surface area contributed by atoms with Crippen molar-refractivity contribution in [1.82, 2.24) is 0 Å². The third-order valence-electron chi connectivity index (χ3n) is 2.56. The van der Waals surface area contributed by atoms with Gasteiger partial charge in [-0.1, -0.05) is 44.2 Å². The van der Waals surface area contributed by atoms with Gasteiger partial charge in [0.05, 0.1) is 6.42 Å². The highest BCUT2D eigenvalue weighted by Gasteiger charge is 2.21. The number of benzene rings is 1. The van der Waals surface area contributed by atoms with Crippen LogP contribution in [0, 0.1) is 5.41 Å². The Morgan fingerprint density at radius 3 is 2.40 bits per heavy atom. The second-order valence-corrected chi connectivity index (χ2v) is 4.72. The molecule has 0 amide bonds. The maximum Gasteiger partial charge on any atom is 0.303 e. The Balaban J connectivity index is 2.46. The zero-order valence-corrected chi connectivity index (χ0v) is 9.36. The van der Waals surface area contributed by atoms with Crippen LogP contribution in [0.3, 0.4) is 0 Å². The molecule has 0 spiro atoms. The van der Waals surface area contributed by atoms with Crippen molar-refractivity contribution in [2.24, 2.45) is 5.41 Å². The van der Waals surface area contributed by atoms with Crippen LogP contribution in [0.25, 0.3) is 0 Å². The number of hydrogen-bond acceptors (Lipinski definition) is 1. The van der Waals surface area contributed by atoms with Crippen molar-refractivity contribution in [2.45, 2.75) is 33.1 Å². The molecule has 0 aromatic heterocycles. The second-order valence-electron chi connectivity index (χ2n) is 4.72. The summed E-state index contributed by atoms with van der Waals surface area (Å²) in [6.07, 6.45) is 2.09. The molecule has 0 radical (unpaired) electrons. The first-order valence-electron chi connectivity index (χ1n) is 5.25. The molecule has 0 aliphatic heterocycles. The van der Waals surface area contributed by atoms with E-state index in [4.69, 9.17) is 5.11 Å². The first-order valence-corrected chi connectivity index (χ1v) is 5.25. The fraction of sp³-hybridized carbons (Fsp3) is 0.462. The van der Waals surface area contributed by atoms with Crippen molar-refractivity contribution in [3.05, 3.63) is 35.9 Å². The summed E-state index contributed by atoms with van der Waals surface area (Å²) in [5, 5.41) is 8.75. The van der Waals surface area contributed by atoms with E-state index in [-0.39, 0.29) is 11.8 Å². The lowest BCUT2D eigenvalue weighted by molar-refractivity contribution is -0.139. The summed E-state index contributed by atoms with van der Waals surface area (Å²) in [5.41, 5.74) is 1.15. The van der Waals surface area contributed by atoms with E-state index < -0.39 is 5.97 Å². The summed E-state index contributed by atoms with van der Waals surface area (Å²) in [6, 6.07) is 10.2. The lowest BCUT2D eigenvalue weighted by Gasteiger charge is -2.22. The first-order chi connectivity index (χ1) is 6.99. The van der Waals surface area contributed by atoms with Gasteiger partial charge in [0.1, 0.15) is 0 Å². The van der Waals surface area contributed by atoms with Crippen LogP contribution >= 0.6 is 0 Å². The summed E-state index contributed by atoms with van der Waals surface area (Å²) in [6.45, 7) is 4.01. The maximum absolute atomic E-state index is 10.6. The molecule has 2 heteroatoms. The molecule has 0 heterocycles. The summed E-state index contributed by atoms with van der Waals surface area (Å²) in [4.78, 5) is 10.6. The molecule has 82 valence electrons. The van der Waals surface area contributed by atoms with Gasteiger partial charge >= 0.3 is 5.97 Å². The van der Waals surface area contributed by atoms with E-state index >= 15 is 0 Å². The van der Waals surface area contributed by atoms with Gasteiger partial charge in [-0.25, -0.2) is 0 Å². The molecule has 0 aliphatic carbocycles. The van der Waals surface area contributed by atoms with Gasteiger partial charge in [0.25, 0.3) is 0 Å². The minimum absolute atomic E-state index is 0.123. The molecule has 0 aliphatic rings. The Labute approximate surface area is 90.9 Å². The van der Waals surface area contributed by atoms with Crippen molar-refractivity contribution in [1.29, 1.82) is 0 Å². The van der Waals surface area contributed by atoms with E-state index in [9.17, 15) is 4.79 Å². The summed E-state index contributed by atoms with van der Waals surface area (Å²) >= 11 is 0. The fourth-order valence-electron chi connectivity index (χ4n) is 1.63. The number of carboxylic acids is 1. The zero-order chi connectivity index (χ0) is 11.3. The van der Waals surface area contributed by atoms with Crippen LogP contribution in [0.1, 0.15) is 32.3 Å². The quantitative estimate of drug-likeness (QED) is 0.803. The monoisotopic (exact) mass is 206 g/mol. The van der Waals surface area contributed by atoms with Gasteiger partial charge in [0.2, 0.25) is 0 Å². The summed E-state index contributed by atoms with van der Waals surface area (Å²) < 4.78 is 0. The van der Waals surface area contributed by atoms with Crippen LogP contribution in [0.5, 0.6) is 0 Å². The van der Waals surface area contributed by atoms with Gasteiger partial charge in [0.15, 0.2) is 0 Å². The molecule has 1 aromatic rings. The van der Waals surface area contributed by atoms with Gasteiger partial charge in [-0.3, -0.25) is 4.79 Å². The van der Waals surface area contributed by atoms with E-state index in [1.165, 1.54) is 5.56 Å². The van der Waals surface area contributed by atoms with Crippen LogP contribution in [-0.4, -0.2) is 11.1 Å². The number of hydrogen-bond donors (Lipinski definition) is 1. The van der Waals surface area contributed by atoms with E-state index in [1.54, 1.807) is 0 Å². The van der Waals surface area contributed by atoms with E-state index in [0.717, 1.165) is 12.8 Å². The predicted molar refractivity (Wildman–Crippen MR) is 60.8 cm³/mol. The Morgan fingerprint density at radius 1 is 1.27 bits per heavy atom. The van der Waals surface area contributed by atoms with E-state index in [1.807, 2.05) is 32.0 Å². The molecule has 0 bridgehead atoms. The van der Waals surface area contributed by atoms with Crippen molar-refractivity contribution >= 4 is 5.97 Å². The number of carboxylic acid groups (broad SMARTS) is 1. The average Bonchev–Trinajstić information content (AvgIpc) is 2.15. The average molecular weight is 206 g/mol. The Hall–Kier alpha value is -1.31. The first kappa shape index (κ1) is 11.8. The van der Waals surface area contributed by atoms with Crippen molar-refractivity contribution in [3.63, 3.8) is 0 Å². The van der Waals surface area contributed by atoms with E-state index in [2.05, 4.69) is 12.1 Å². The fourth-order valence-corrected chi connectivity index (χ4v) is 1.63. The Bertz CT molecular complexity index is 315. The van der Waals surface area contributed by atoms with Crippen LogP contribution < -0.4 is 0 Å². The molecule has 0 atom stereocenters. The van der Waals surface area contributed by atoms with Gasteiger partial charge in [-0.05, 0) is 23.8 Å². The number of rotatable bonds is 5. The molecule has 0 fully saturated rings. The molecule has 15 heavy (non-hydrogen) atoms. The number of aliphatic carboxylic acids is 1. The predicted octanol–water partition coefficient (Wildman–Crippen LogP) is 3.12. The molecule has 0 saturated heterocycles. The molecular formula is C13H18O2. The van der Waals surface area contributed by atoms with Gasteiger partial charge in [0, 0.05) is 0 Å². The van der Waals surface area contributed by atoms with Crippen molar-refractivity contribution in [2.75, 3.05) is 0 Å². The highest BCUT2D eigenvalue weighted by molar-refractivity contribution is 5.67. The standard InChI is InChI=1S/C13H18O2/c1-13(2,10-12(14)15)9-8-11-6-4-3-5-7-11/h3-7H,8-10H2,1-2H3,(H,14,15). The smallest absolute Gasteiger partial charge is 0.303 e. The molecule has 1 N–H and O–H groups in total. The molecule has 0 saturated carbocycles. The number of carbonyl (C=O) groups is 1.